The fraction of sp³-hybridized carbons (Fsp3) is 0. The van der Waals surface area contributed by atoms with E-state index >= 15 is 0 Å². The van der Waals surface area contributed by atoms with Crippen LogP contribution in [-0.4, -0.2) is 31.6 Å². The Bertz CT molecular complexity index is 1630. The van der Waals surface area contributed by atoms with Crippen molar-refractivity contribution in [2.75, 3.05) is 4.81 Å². The Kier molecular flexibility index (Phi) is 5.00. The van der Waals surface area contributed by atoms with Gasteiger partial charge in [0.1, 0.15) is 0 Å². The summed E-state index contributed by atoms with van der Waals surface area (Å²) >= 11 is 0. The van der Waals surface area contributed by atoms with E-state index < -0.39 is 0 Å². The monoisotopic (exact) mass is 566 g/mol. The summed E-state index contributed by atoms with van der Waals surface area (Å²) in [6.07, 6.45) is 7.26. The van der Waals surface area contributed by atoms with Gasteiger partial charge >= 0.3 is 27.3 Å². The van der Waals surface area contributed by atoms with Gasteiger partial charge in [-0.2, -0.15) is 17.2 Å². The van der Waals surface area contributed by atoms with E-state index in [0.717, 1.165) is 33.9 Å². The Morgan fingerprint density at radius 1 is 0.595 bits per heavy atom. The summed E-state index contributed by atoms with van der Waals surface area (Å²) in [6.45, 7) is -0.0104. The summed E-state index contributed by atoms with van der Waals surface area (Å²) in [5.41, 5.74) is 11.0. The fourth-order valence-electron chi connectivity index (χ4n) is 5.55. The van der Waals surface area contributed by atoms with Crippen LogP contribution in [0.25, 0.3) is 33.6 Å². The van der Waals surface area contributed by atoms with Gasteiger partial charge in [-0.15, -0.1) is 40.5 Å². The van der Waals surface area contributed by atoms with Gasteiger partial charge < -0.3 is 4.81 Å². The molecule has 6 nitrogen and oxygen atoms in total. The van der Waals surface area contributed by atoms with Gasteiger partial charge in [0, 0.05) is 18.6 Å². The maximum Gasteiger partial charge on any atom is 2.00 e. The summed E-state index contributed by atoms with van der Waals surface area (Å²) in [5, 5.41) is 12.7. The predicted octanol–water partition coefficient (Wildman–Crippen LogP) is 3.96. The van der Waals surface area contributed by atoms with Crippen LogP contribution in [0.3, 0.4) is 0 Å². The van der Waals surface area contributed by atoms with Crippen LogP contribution in [0.4, 0.5) is 11.4 Å². The standard InChI is InChI=1S/C29H17BN6.Pd/c1-3-8-26-22(6-1)24-12-10-20(34-16-5-14-32-34)18-28(24)36-29-19-21(35-17-15-31-33-35)11-13-25(29)23-7-2-4-9-27(23)30(26)36;/h1-17H;/q-2;+2. The quantitative estimate of drug-likeness (QED) is 0.235. The Balaban J connectivity index is 0.00000231. The molecule has 2 aliphatic rings. The number of anilines is 2. The Labute approximate surface area is 227 Å². The molecule has 0 saturated carbocycles. The molecule has 0 bridgehead atoms. The van der Waals surface area contributed by atoms with E-state index in [4.69, 9.17) is 0 Å². The second-order valence-electron chi connectivity index (χ2n) is 8.96. The van der Waals surface area contributed by atoms with Crippen LogP contribution in [0.15, 0.2) is 104 Å². The molecule has 0 radical (unpaired) electrons. The SMILES string of the molecule is [Pd+2].[c-]1c(-n2cccn2)ccc2c1N1B(c3ccccc3-2)c2ccccc2-c2ccc(-n3ccnn3)[c-]c21. The van der Waals surface area contributed by atoms with E-state index in [2.05, 4.69) is 99.1 Å². The van der Waals surface area contributed by atoms with Crippen LogP contribution in [-0.2, 0) is 20.4 Å². The number of fused-ring (bicyclic) bond motifs is 11. The van der Waals surface area contributed by atoms with E-state index in [1.807, 2.05) is 29.2 Å². The molecule has 0 aliphatic carbocycles. The number of hydrogen-bond donors (Lipinski definition) is 0. The van der Waals surface area contributed by atoms with Crippen LogP contribution >= 0.6 is 0 Å². The van der Waals surface area contributed by atoms with E-state index in [0.29, 0.717) is 0 Å². The van der Waals surface area contributed by atoms with Crippen LogP contribution in [0, 0.1) is 12.1 Å². The zero-order valence-corrected chi connectivity index (χ0v) is 20.9. The Morgan fingerprint density at radius 3 is 1.78 bits per heavy atom. The van der Waals surface area contributed by atoms with Crippen molar-refractivity contribution in [3.8, 4) is 33.6 Å². The Morgan fingerprint density at radius 2 is 1.22 bits per heavy atom. The van der Waals surface area contributed by atoms with Gasteiger partial charge in [-0.05, 0) is 17.4 Å². The fourth-order valence-corrected chi connectivity index (χ4v) is 5.55. The minimum Gasteiger partial charge on any atom is -0.418 e. The second-order valence-corrected chi connectivity index (χ2v) is 8.96. The molecule has 0 atom stereocenters. The van der Waals surface area contributed by atoms with Gasteiger partial charge in [0.05, 0.1) is 6.20 Å². The molecule has 0 fully saturated rings. The van der Waals surface area contributed by atoms with Crippen molar-refractivity contribution in [1.29, 1.82) is 0 Å². The molecule has 0 unspecified atom stereocenters. The number of nitrogens with zero attached hydrogens (tertiary/aromatic N) is 6. The van der Waals surface area contributed by atoms with Crippen molar-refractivity contribution in [1.82, 2.24) is 24.8 Å². The van der Waals surface area contributed by atoms with Crippen molar-refractivity contribution < 1.29 is 20.4 Å². The first-order chi connectivity index (χ1) is 17.9. The molecular formula is C29H17BN6Pd. The molecule has 176 valence electrons. The number of aromatic nitrogens is 5. The minimum atomic E-state index is -0.0104. The molecular weight excluding hydrogens is 550 g/mol. The topological polar surface area (TPSA) is 51.8 Å². The van der Waals surface area contributed by atoms with Crippen molar-refractivity contribution in [2.45, 2.75) is 0 Å². The zero-order chi connectivity index (χ0) is 23.6. The first-order valence-electron chi connectivity index (χ1n) is 11.8. The average Bonchev–Trinajstić information content (AvgIpc) is 3.67. The van der Waals surface area contributed by atoms with E-state index in [-0.39, 0.29) is 27.3 Å². The zero-order valence-electron chi connectivity index (χ0n) is 19.4. The van der Waals surface area contributed by atoms with Gasteiger partial charge in [0.15, 0.2) is 0 Å². The summed E-state index contributed by atoms with van der Waals surface area (Å²) in [7, 11) is 0. The van der Waals surface area contributed by atoms with Crippen molar-refractivity contribution in [3.63, 3.8) is 0 Å². The normalized spacial score (nSPS) is 12.5. The maximum atomic E-state index is 4.45. The number of benzene rings is 4. The average molecular weight is 567 g/mol. The molecule has 4 heterocycles. The summed E-state index contributed by atoms with van der Waals surface area (Å²) in [5.74, 6) is 0. The largest absolute Gasteiger partial charge is 2.00 e. The molecule has 0 spiro atoms. The molecule has 2 aliphatic heterocycles. The molecule has 0 saturated heterocycles. The molecule has 2 aromatic heterocycles. The van der Waals surface area contributed by atoms with Gasteiger partial charge in [-0.1, -0.05) is 87.2 Å². The molecule has 8 heteroatoms. The third kappa shape index (κ3) is 3.20. The third-order valence-electron chi connectivity index (χ3n) is 7.07. The van der Waals surface area contributed by atoms with Gasteiger partial charge in [0.25, 0.3) is 0 Å². The molecule has 0 N–H and O–H groups in total. The summed E-state index contributed by atoms with van der Waals surface area (Å²) in [4.78, 5) is 2.38. The Hall–Kier alpha value is -4.24. The van der Waals surface area contributed by atoms with Gasteiger partial charge in [0.2, 0.25) is 0 Å². The summed E-state index contributed by atoms with van der Waals surface area (Å²) in [6, 6.07) is 35.1. The van der Waals surface area contributed by atoms with Crippen LogP contribution in [0.1, 0.15) is 0 Å². The predicted molar refractivity (Wildman–Crippen MR) is 141 cm³/mol. The molecule has 37 heavy (non-hydrogen) atoms. The van der Waals surface area contributed by atoms with Gasteiger partial charge in [-0.25, -0.2) is 4.68 Å². The molecule has 6 aromatic rings. The van der Waals surface area contributed by atoms with Crippen LogP contribution in [0.2, 0.25) is 0 Å². The summed E-state index contributed by atoms with van der Waals surface area (Å²) < 4.78 is 3.60. The van der Waals surface area contributed by atoms with E-state index in [9.17, 15) is 0 Å². The molecule has 4 aromatic carbocycles. The van der Waals surface area contributed by atoms with Crippen LogP contribution in [0.5, 0.6) is 0 Å². The minimum absolute atomic E-state index is 0. The number of rotatable bonds is 2. The first-order valence-corrected chi connectivity index (χ1v) is 11.8. The van der Waals surface area contributed by atoms with Gasteiger partial charge in [-0.3, -0.25) is 4.68 Å². The van der Waals surface area contributed by atoms with Crippen LogP contribution < -0.4 is 15.7 Å². The molecule has 0 amide bonds. The van der Waals surface area contributed by atoms with Crippen molar-refractivity contribution in [3.05, 3.63) is 116 Å². The van der Waals surface area contributed by atoms with Crippen molar-refractivity contribution >= 4 is 29.1 Å². The number of hydrogen-bond acceptors (Lipinski definition) is 4. The van der Waals surface area contributed by atoms with Crippen molar-refractivity contribution in [2.24, 2.45) is 0 Å². The van der Waals surface area contributed by atoms with E-state index in [1.165, 1.54) is 22.1 Å². The molecule has 8 rings (SSSR count). The second kappa shape index (κ2) is 8.41. The third-order valence-corrected chi connectivity index (χ3v) is 7.07. The first kappa shape index (κ1) is 22.0. The maximum absolute atomic E-state index is 4.45. The van der Waals surface area contributed by atoms with E-state index in [1.54, 1.807) is 17.1 Å². The smallest absolute Gasteiger partial charge is 0.418 e.